The Bertz CT molecular complexity index is 2350. The van der Waals surface area contributed by atoms with Gasteiger partial charge in [0.15, 0.2) is 0 Å². The van der Waals surface area contributed by atoms with Crippen molar-refractivity contribution in [1.29, 1.82) is 0 Å². The number of fused-ring (bicyclic) bond motifs is 2. The van der Waals surface area contributed by atoms with Crippen LogP contribution in [0.25, 0.3) is 0 Å². The summed E-state index contributed by atoms with van der Waals surface area (Å²) in [7, 11) is 0. The van der Waals surface area contributed by atoms with Crippen molar-refractivity contribution >= 4 is 23.6 Å². The van der Waals surface area contributed by atoms with E-state index in [9.17, 15) is 14.6 Å². The Labute approximate surface area is 444 Å². The van der Waals surface area contributed by atoms with E-state index in [0.717, 1.165) is 85.1 Å². The zero-order valence-corrected chi connectivity index (χ0v) is 44.6. The summed E-state index contributed by atoms with van der Waals surface area (Å²) in [6, 6.07) is 31.7. The van der Waals surface area contributed by atoms with Crippen molar-refractivity contribution in [2.45, 2.75) is 152 Å². The van der Waals surface area contributed by atoms with E-state index < -0.39 is 23.8 Å². The van der Waals surface area contributed by atoms with Crippen LogP contribution >= 0.6 is 11.8 Å². The van der Waals surface area contributed by atoms with Gasteiger partial charge in [-0.05, 0) is 103 Å². The third-order valence-corrected chi connectivity index (χ3v) is 15.8. The van der Waals surface area contributed by atoms with Gasteiger partial charge in [-0.1, -0.05) is 156 Å². The molecule has 1 saturated carbocycles. The Hall–Kier alpha value is -5.14. The molecule has 0 spiro atoms. The highest BCUT2D eigenvalue weighted by atomic mass is 32.2. The van der Waals surface area contributed by atoms with E-state index in [2.05, 4.69) is 37.8 Å². The molecule has 74 heavy (non-hydrogen) atoms. The number of carbonyl (C=O) groups excluding carboxylic acids is 1. The number of hydrogen-bond acceptors (Lipinski definition) is 10. The van der Waals surface area contributed by atoms with Gasteiger partial charge in [-0.25, -0.2) is 9.18 Å². The number of unbranched alkanes of at least 4 members (excludes halogenated alkanes) is 11. The summed E-state index contributed by atoms with van der Waals surface area (Å²) in [5, 5.41) is 25.2. The molecule has 4 aromatic rings. The molecule has 12 heteroatoms. The highest BCUT2D eigenvalue weighted by Crippen LogP contribution is 2.62. The number of aliphatic hydroxyl groups excluding tert-OH is 2. The van der Waals surface area contributed by atoms with Gasteiger partial charge in [0.1, 0.15) is 30.0 Å². The van der Waals surface area contributed by atoms with Crippen molar-refractivity contribution in [3.8, 4) is 11.5 Å². The Morgan fingerprint density at radius 1 is 0.824 bits per heavy atom. The Morgan fingerprint density at radius 3 is 2.22 bits per heavy atom. The molecule has 1 amide bonds. The predicted octanol–water partition coefficient (Wildman–Crippen LogP) is 14.4. The molecule has 7 rings (SSSR count). The number of benzene rings is 4. The van der Waals surface area contributed by atoms with Gasteiger partial charge < -0.3 is 34.0 Å². The van der Waals surface area contributed by atoms with E-state index in [4.69, 9.17) is 28.9 Å². The molecular weight excluding hydrogens is 952 g/mol. The van der Waals surface area contributed by atoms with Crippen LogP contribution in [-0.4, -0.2) is 77.5 Å². The fraction of sp³-hybridized carbons (Fsp3) is 0.516. The minimum atomic E-state index is -1.49. The third kappa shape index (κ3) is 15.7. The van der Waals surface area contributed by atoms with Crippen LogP contribution in [0.1, 0.15) is 139 Å². The van der Waals surface area contributed by atoms with Gasteiger partial charge in [0.05, 0.1) is 31.5 Å². The normalized spacial score (nSPS) is 21.2. The van der Waals surface area contributed by atoms with Gasteiger partial charge in [-0.15, -0.1) is 18.3 Å². The SMILES string of the molecule is C=CCO[C@@]12Oc3ccc(OCCSc4ccccc4)cc3[C@H]3[C@H](CCCCO)[C@@H](CCCCO)C=C(C(=NOCc4ccccc4)C[C@@H]1N(Cc1ccc(F)cc1)C(=O)OCCCCCCCCCCCC)[C@H]32. The maximum Gasteiger partial charge on any atom is 0.410 e. The average Bonchev–Trinajstić information content (AvgIpc) is 3.42. The molecule has 0 radical (unpaired) electrons. The van der Waals surface area contributed by atoms with E-state index in [1.807, 2.05) is 60.7 Å². The maximum absolute atomic E-state index is 15.1. The molecule has 0 unspecified atom stereocenters. The smallest absolute Gasteiger partial charge is 0.410 e. The van der Waals surface area contributed by atoms with Crippen molar-refractivity contribution in [3.63, 3.8) is 0 Å². The van der Waals surface area contributed by atoms with Crippen molar-refractivity contribution < 1.29 is 43.2 Å². The summed E-state index contributed by atoms with van der Waals surface area (Å²) in [5.41, 5.74) is 4.28. The lowest BCUT2D eigenvalue weighted by Gasteiger charge is -2.59. The van der Waals surface area contributed by atoms with Crippen LogP contribution in [0.4, 0.5) is 9.18 Å². The summed E-state index contributed by atoms with van der Waals surface area (Å²) in [6.45, 7) is 7.71. The lowest BCUT2D eigenvalue weighted by Crippen LogP contribution is -2.70. The van der Waals surface area contributed by atoms with Crippen molar-refractivity contribution in [3.05, 3.63) is 150 Å². The van der Waals surface area contributed by atoms with Crippen molar-refractivity contribution in [2.24, 2.45) is 22.9 Å². The van der Waals surface area contributed by atoms with E-state index in [1.165, 1.54) is 55.6 Å². The summed E-state index contributed by atoms with van der Waals surface area (Å²) in [5.74, 6) is -0.407. The maximum atomic E-state index is 15.1. The van der Waals surface area contributed by atoms with Gasteiger partial charge in [0.2, 0.25) is 5.79 Å². The standard InChI is InChI=1S/C62H81FN2O8S/c1-3-5-6-7-8-9-10-11-12-23-39-70-61(68)65(45-47-30-32-50(63)33-31-47)58-44-56(64-72-46-48-24-15-13-16-25-48)54-42-49(26-19-21-36-66)53(29-20-22-37-67)59-55-43-51(69-40-41-74-52-27-17-14-18-28-52)34-35-57(55)73-62(58,60(54)59)71-38-4-2/h4,13-18,24-25,27-28,30-35,42-43,49,53,58-60,66-67H,2-3,5-12,19-23,26,29,36-41,44-46H2,1H3/t49-,53+,58-,59+,60+,62+/m0/s1. The van der Waals surface area contributed by atoms with Gasteiger partial charge in [-0.2, -0.15) is 0 Å². The second-order valence-electron chi connectivity index (χ2n) is 20.1. The number of allylic oxidation sites excluding steroid dienone is 1. The van der Waals surface area contributed by atoms with Gasteiger partial charge in [-0.3, -0.25) is 4.90 Å². The lowest BCUT2D eigenvalue weighted by atomic mass is 9.55. The molecule has 6 atom stereocenters. The largest absolute Gasteiger partial charge is 0.493 e. The highest BCUT2D eigenvalue weighted by Gasteiger charge is 2.65. The molecule has 1 heterocycles. The monoisotopic (exact) mass is 1030 g/mol. The number of aliphatic hydroxyl groups is 2. The van der Waals surface area contributed by atoms with Crippen molar-refractivity contribution in [1.82, 2.24) is 4.90 Å². The van der Waals surface area contributed by atoms with Crippen LogP contribution < -0.4 is 9.47 Å². The molecule has 4 aromatic carbocycles. The van der Waals surface area contributed by atoms with E-state index in [-0.39, 0.29) is 69.6 Å². The third-order valence-electron chi connectivity index (χ3n) is 14.9. The number of oxime groups is 1. The number of carbonyl (C=O) groups is 1. The van der Waals surface area contributed by atoms with Crippen LogP contribution in [0, 0.1) is 23.6 Å². The van der Waals surface area contributed by atoms with Crippen LogP contribution in [0.2, 0.25) is 0 Å². The zero-order chi connectivity index (χ0) is 51.8. The molecule has 400 valence electrons. The summed E-state index contributed by atoms with van der Waals surface area (Å²) < 4.78 is 42.1. The van der Waals surface area contributed by atoms with E-state index in [1.54, 1.807) is 34.9 Å². The van der Waals surface area contributed by atoms with Crippen molar-refractivity contribution in [2.75, 3.05) is 38.8 Å². The molecule has 0 saturated heterocycles. The van der Waals surface area contributed by atoms with Crippen LogP contribution in [0.3, 0.4) is 0 Å². The molecule has 10 nitrogen and oxygen atoms in total. The second-order valence-corrected chi connectivity index (χ2v) is 21.3. The van der Waals surface area contributed by atoms with Crippen LogP contribution in [0.5, 0.6) is 11.5 Å². The molecule has 0 bridgehead atoms. The zero-order valence-electron chi connectivity index (χ0n) is 43.8. The fourth-order valence-corrected chi connectivity index (χ4v) is 12.0. The molecule has 3 aliphatic rings. The summed E-state index contributed by atoms with van der Waals surface area (Å²) >= 11 is 1.74. The summed E-state index contributed by atoms with van der Waals surface area (Å²) in [6.07, 6.45) is 19.8. The van der Waals surface area contributed by atoms with Crippen LogP contribution in [-0.2, 0) is 27.5 Å². The second kappa shape index (κ2) is 30.4. The summed E-state index contributed by atoms with van der Waals surface area (Å²) in [4.78, 5) is 24.3. The molecule has 1 fully saturated rings. The average molecular weight is 1030 g/mol. The minimum absolute atomic E-state index is 0.0336. The Balaban J connectivity index is 1.31. The topological polar surface area (TPSA) is 119 Å². The van der Waals surface area contributed by atoms with Gasteiger partial charge in [0.25, 0.3) is 0 Å². The first kappa shape index (κ1) is 56.6. The number of ether oxygens (including phenoxy) is 4. The quantitative estimate of drug-likeness (QED) is 0.0208. The predicted molar refractivity (Wildman–Crippen MR) is 294 cm³/mol. The highest BCUT2D eigenvalue weighted by molar-refractivity contribution is 7.99. The molecule has 1 aliphatic heterocycles. The van der Waals surface area contributed by atoms with E-state index >= 15 is 4.79 Å². The molecule has 2 N–H and O–H groups in total. The molecule has 0 aromatic heterocycles. The molecular formula is C62H81FN2O8S. The van der Waals surface area contributed by atoms with E-state index in [0.29, 0.717) is 30.9 Å². The lowest BCUT2D eigenvalue weighted by molar-refractivity contribution is -0.256. The first-order valence-electron chi connectivity index (χ1n) is 27.6. The Kier molecular flexibility index (Phi) is 23.3. The van der Waals surface area contributed by atoms with Gasteiger partial charge in [0, 0.05) is 48.3 Å². The van der Waals surface area contributed by atoms with Gasteiger partial charge >= 0.3 is 6.09 Å². The first-order chi connectivity index (χ1) is 36.4. The number of thioether (sulfide) groups is 1. The minimum Gasteiger partial charge on any atom is -0.493 e. The number of halogens is 1. The number of rotatable bonds is 33. The van der Waals surface area contributed by atoms with Crippen LogP contribution in [0.15, 0.2) is 137 Å². The first-order valence-corrected chi connectivity index (χ1v) is 28.6. The fourth-order valence-electron chi connectivity index (χ4n) is 11.3. The number of nitrogens with zero attached hydrogens (tertiary/aromatic N) is 2. The number of hydrogen-bond donors (Lipinski definition) is 2. The molecule has 2 aliphatic carbocycles. The Morgan fingerprint density at radius 2 is 1.51 bits per heavy atom. The number of amides is 1.